The van der Waals surface area contributed by atoms with Gasteiger partial charge in [-0.15, -0.1) is 0 Å². The minimum atomic E-state index is -0.289. The third kappa shape index (κ3) is 5.10. The summed E-state index contributed by atoms with van der Waals surface area (Å²) in [6.45, 7) is 1.28. The summed E-state index contributed by atoms with van der Waals surface area (Å²) in [5.74, 6) is 0.525. The van der Waals surface area contributed by atoms with Crippen LogP contribution in [0.15, 0.2) is 64.6 Å². The highest BCUT2D eigenvalue weighted by atomic mass is 32.2. The number of hydrogen-bond acceptors (Lipinski definition) is 7. The fraction of sp³-hybridized carbons (Fsp3) is 0.259. The molecule has 3 heterocycles. The number of carbonyl (C=O) groups is 2. The molecule has 2 amide bonds. The van der Waals surface area contributed by atoms with Gasteiger partial charge in [0.25, 0.3) is 5.91 Å². The van der Waals surface area contributed by atoms with E-state index in [-0.39, 0.29) is 17.7 Å². The average Bonchev–Trinajstić information content (AvgIpc) is 3.52. The number of carbonyl (C=O) groups excluding carboxylic acids is 2. The largest absolute Gasteiger partial charge is 0.493 e. The van der Waals surface area contributed by atoms with Gasteiger partial charge in [0.1, 0.15) is 5.69 Å². The van der Waals surface area contributed by atoms with Crippen LogP contribution in [0.25, 0.3) is 23.0 Å². The number of hydrogen-bond donors (Lipinski definition) is 1. The number of amides is 2. The summed E-state index contributed by atoms with van der Waals surface area (Å²) in [5, 5.41) is 5.50. The number of rotatable bonds is 6. The molecule has 0 radical (unpaired) electrons. The van der Waals surface area contributed by atoms with Crippen molar-refractivity contribution >= 4 is 34.8 Å². The highest BCUT2D eigenvalue weighted by Crippen LogP contribution is 2.37. The van der Waals surface area contributed by atoms with Gasteiger partial charge >= 0.3 is 0 Å². The molecule has 0 spiro atoms. The molecule has 0 aliphatic carbocycles. The van der Waals surface area contributed by atoms with Gasteiger partial charge in [0.15, 0.2) is 16.7 Å². The van der Waals surface area contributed by atoms with Gasteiger partial charge < -0.3 is 20.1 Å². The molecule has 37 heavy (non-hydrogen) atoms. The van der Waals surface area contributed by atoms with Crippen LogP contribution in [-0.4, -0.2) is 59.0 Å². The molecule has 2 aliphatic heterocycles. The Morgan fingerprint density at radius 3 is 2.49 bits per heavy atom. The second-order valence-electron chi connectivity index (χ2n) is 8.76. The van der Waals surface area contributed by atoms with Crippen LogP contribution in [-0.2, 0) is 9.59 Å². The van der Waals surface area contributed by atoms with Crippen molar-refractivity contribution in [2.75, 3.05) is 27.3 Å². The Morgan fingerprint density at radius 1 is 1.08 bits per heavy atom. The Morgan fingerprint density at radius 2 is 1.81 bits per heavy atom. The lowest BCUT2D eigenvalue weighted by Crippen LogP contribution is -2.40. The maximum Gasteiger partial charge on any atom is 0.286 e. The Labute approximate surface area is 218 Å². The first kappa shape index (κ1) is 24.6. The van der Waals surface area contributed by atoms with E-state index in [1.807, 2.05) is 65.7 Å². The number of aliphatic imine (C=N–C) groups is 1. The maximum atomic E-state index is 12.9. The summed E-state index contributed by atoms with van der Waals surface area (Å²) in [4.78, 5) is 31.2. The topological polar surface area (TPSA) is 112 Å². The minimum Gasteiger partial charge on any atom is -0.493 e. The second-order valence-corrected chi connectivity index (χ2v) is 9.77. The number of nitrogens with zero attached hydrogens (tertiary/aromatic N) is 4. The summed E-state index contributed by atoms with van der Waals surface area (Å²) in [6, 6.07) is 15.4. The van der Waals surface area contributed by atoms with E-state index in [4.69, 9.17) is 20.3 Å². The van der Waals surface area contributed by atoms with Gasteiger partial charge in [-0.1, -0.05) is 18.2 Å². The highest BCUT2D eigenvalue weighted by molar-refractivity contribution is 8.18. The Kier molecular flexibility index (Phi) is 7.00. The van der Waals surface area contributed by atoms with Crippen LogP contribution in [0.3, 0.4) is 0 Å². The monoisotopic (exact) mass is 517 g/mol. The molecule has 2 N–H and O–H groups in total. The molecule has 1 aromatic heterocycles. The number of nitrogens with two attached hydrogens (primary N) is 1. The fourth-order valence-electron chi connectivity index (χ4n) is 4.44. The number of piperidine rings is 1. The van der Waals surface area contributed by atoms with Crippen LogP contribution in [0.5, 0.6) is 11.5 Å². The van der Waals surface area contributed by atoms with Gasteiger partial charge in [-0.3, -0.25) is 9.59 Å². The van der Waals surface area contributed by atoms with E-state index in [2.05, 4.69) is 4.99 Å². The molecule has 3 aromatic rings. The molecule has 0 atom stereocenters. The van der Waals surface area contributed by atoms with Gasteiger partial charge in [0.05, 0.1) is 24.8 Å². The summed E-state index contributed by atoms with van der Waals surface area (Å²) in [6.07, 6.45) is 5.06. The summed E-state index contributed by atoms with van der Waals surface area (Å²) >= 11 is 1.34. The first-order valence-corrected chi connectivity index (χ1v) is 12.7. The van der Waals surface area contributed by atoms with Crippen molar-refractivity contribution < 1.29 is 19.1 Å². The zero-order valence-electron chi connectivity index (χ0n) is 20.6. The number of methoxy groups -OCH3 is 2. The molecule has 5 rings (SSSR count). The number of aromatic nitrogens is 2. The SMILES string of the molecule is COc1ccc(-c2nn(-c3ccccc3)cc2C=C2SC(N3CCC(C(N)=O)CC3)=NC2=O)cc1OC. The van der Waals surface area contributed by atoms with Crippen LogP contribution in [0, 0.1) is 5.92 Å². The molecule has 0 saturated carbocycles. The van der Waals surface area contributed by atoms with Gasteiger partial charge in [0, 0.05) is 36.3 Å². The van der Waals surface area contributed by atoms with Gasteiger partial charge in [-0.25, -0.2) is 4.68 Å². The lowest BCUT2D eigenvalue weighted by molar-refractivity contribution is -0.123. The predicted octanol–water partition coefficient (Wildman–Crippen LogP) is 3.72. The normalized spacial score (nSPS) is 17.2. The van der Waals surface area contributed by atoms with Crippen molar-refractivity contribution in [2.24, 2.45) is 16.6 Å². The van der Waals surface area contributed by atoms with Crippen molar-refractivity contribution in [3.8, 4) is 28.4 Å². The summed E-state index contributed by atoms with van der Waals surface area (Å²) in [5.41, 5.74) is 8.65. The standard InChI is InChI=1S/C27H27N5O4S/c1-35-21-9-8-18(14-22(21)36-2)24-19(16-32(30-24)20-6-4-3-5-7-20)15-23-26(34)29-27(37-23)31-12-10-17(11-13-31)25(28)33/h3-9,14-17H,10-13H2,1-2H3,(H2,28,33). The van der Waals surface area contributed by atoms with Crippen molar-refractivity contribution in [1.29, 1.82) is 0 Å². The van der Waals surface area contributed by atoms with Crippen LogP contribution < -0.4 is 15.2 Å². The molecule has 190 valence electrons. The molecule has 10 heteroatoms. The molecule has 2 aliphatic rings. The van der Waals surface area contributed by atoms with E-state index in [1.165, 1.54) is 11.8 Å². The second kappa shape index (κ2) is 10.5. The lowest BCUT2D eigenvalue weighted by atomic mass is 9.97. The van der Waals surface area contributed by atoms with E-state index >= 15 is 0 Å². The van der Waals surface area contributed by atoms with Crippen molar-refractivity contribution in [3.05, 3.63) is 65.2 Å². The first-order chi connectivity index (χ1) is 18.0. The van der Waals surface area contributed by atoms with E-state index in [0.29, 0.717) is 53.2 Å². The molecular formula is C27H27N5O4S. The van der Waals surface area contributed by atoms with E-state index in [1.54, 1.807) is 18.9 Å². The Hall–Kier alpha value is -4.05. The third-order valence-corrected chi connectivity index (χ3v) is 7.53. The first-order valence-electron chi connectivity index (χ1n) is 11.9. The van der Waals surface area contributed by atoms with E-state index in [9.17, 15) is 9.59 Å². The number of benzene rings is 2. The van der Waals surface area contributed by atoms with Crippen molar-refractivity contribution in [1.82, 2.24) is 14.7 Å². The highest BCUT2D eigenvalue weighted by Gasteiger charge is 2.31. The Bertz CT molecular complexity index is 1390. The molecular weight excluding hydrogens is 490 g/mol. The number of primary amides is 1. The van der Waals surface area contributed by atoms with Crippen LogP contribution >= 0.6 is 11.8 Å². The van der Waals surface area contributed by atoms with Crippen molar-refractivity contribution in [3.63, 3.8) is 0 Å². The maximum absolute atomic E-state index is 12.9. The zero-order chi connectivity index (χ0) is 25.9. The molecule has 0 unspecified atom stereocenters. The van der Waals surface area contributed by atoms with Gasteiger partial charge in [-0.05, 0) is 61.0 Å². The van der Waals surface area contributed by atoms with Crippen LogP contribution in [0.4, 0.5) is 0 Å². The predicted molar refractivity (Wildman–Crippen MR) is 144 cm³/mol. The molecule has 2 aromatic carbocycles. The average molecular weight is 518 g/mol. The Balaban J connectivity index is 1.47. The lowest BCUT2D eigenvalue weighted by Gasteiger charge is -2.31. The molecule has 1 fully saturated rings. The van der Waals surface area contributed by atoms with E-state index in [0.717, 1.165) is 16.8 Å². The van der Waals surface area contributed by atoms with Gasteiger partial charge in [0.2, 0.25) is 5.91 Å². The molecule has 1 saturated heterocycles. The number of ether oxygens (including phenoxy) is 2. The smallest absolute Gasteiger partial charge is 0.286 e. The quantitative estimate of drug-likeness (QED) is 0.496. The van der Waals surface area contributed by atoms with Crippen LogP contribution in [0.1, 0.15) is 18.4 Å². The number of thioether (sulfide) groups is 1. The fourth-order valence-corrected chi connectivity index (χ4v) is 5.40. The molecule has 9 nitrogen and oxygen atoms in total. The number of amidine groups is 1. The molecule has 0 bridgehead atoms. The minimum absolute atomic E-state index is 0.123. The number of likely N-dealkylation sites (tertiary alicyclic amines) is 1. The van der Waals surface area contributed by atoms with Crippen molar-refractivity contribution in [2.45, 2.75) is 12.8 Å². The number of para-hydroxylation sites is 1. The summed E-state index contributed by atoms with van der Waals surface area (Å²) < 4.78 is 12.7. The van der Waals surface area contributed by atoms with Gasteiger partial charge in [-0.2, -0.15) is 10.1 Å². The van der Waals surface area contributed by atoms with E-state index < -0.39 is 0 Å². The van der Waals surface area contributed by atoms with Crippen LogP contribution in [0.2, 0.25) is 0 Å². The summed E-state index contributed by atoms with van der Waals surface area (Å²) in [7, 11) is 3.18. The zero-order valence-corrected chi connectivity index (χ0v) is 21.4. The third-order valence-electron chi connectivity index (χ3n) is 6.48.